The molecule has 0 bridgehead atoms. The second-order valence-electron chi connectivity index (χ2n) is 9.22. The van der Waals surface area contributed by atoms with Gasteiger partial charge < -0.3 is 24.6 Å². The fraction of sp³-hybridized carbons (Fsp3) is 0.652. The molecule has 0 radical (unpaired) electrons. The maximum Gasteiger partial charge on any atom is 0.317 e. The Hall–Kier alpha value is -2.44. The van der Waals surface area contributed by atoms with Crippen LogP contribution in [-0.4, -0.2) is 66.2 Å². The van der Waals surface area contributed by atoms with Gasteiger partial charge >= 0.3 is 6.03 Å². The molecule has 0 unspecified atom stereocenters. The zero-order chi connectivity index (χ0) is 21.1. The molecule has 2 heterocycles. The summed E-state index contributed by atoms with van der Waals surface area (Å²) in [5.41, 5.74) is 0.864. The van der Waals surface area contributed by atoms with Gasteiger partial charge in [0.2, 0.25) is 0 Å². The highest BCUT2D eigenvalue weighted by Gasteiger charge is 2.33. The van der Waals surface area contributed by atoms with Crippen molar-refractivity contribution in [3.63, 3.8) is 0 Å². The molecule has 164 valence electrons. The number of carbonyl (C=O) groups excluding carboxylic acids is 2. The van der Waals surface area contributed by atoms with Crippen LogP contribution in [-0.2, 0) is 11.2 Å². The van der Waals surface area contributed by atoms with Crippen molar-refractivity contribution in [2.45, 2.75) is 64.0 Å². The highest BCUT2D eigenvalue weighted by atomic mass is 16.5. The molecule has 1 aliphatic carbocycles. The van der Waals surface area contributed by atoms with Crippen molar-refractivity contribution in [3.8, 4) is 11.5 Å². The van der Waals surface area contributed by atoms with Gasteiger partial charge in [0.15, 0.2) is 18.1 Å². The standard InChI is InChI=1S/C23H33N3O4/c1-23(2)15-17-7-6-10-19(21(17)30-23)29-16-20(27)25-11-13-26(14-12-25)22(28)24-18-8-4-3-5-9-18/h6-7,10,18H,3-5,8-9,11-16H2,1-2H3,(H,24,28). The first-order chi connectivity index (χ1) is 14.4. The van der Waals surface area contributed by atoms with Crippen molar-refractivity contribution in [2.75, 3.05) is 32.8 Å². The summed E-state index contributed by atoms with van der Waals surface area (Å²) in [6.07, 6.45) is 6.64. The minimum atomic E-state index is -0.250. The number of ether oxygens (including phenoxy) is 2. The lowest BCUT2D eigenvalue weighted by Gasteiger charge is -2.36. The molecule has 2 aliphatic heterocycles. The third kappa shape index (κ3) is 4.82. The quantitative estimate of drug-likeness (QED) is 0.821. The van der Waals surface area contributed by atoms with E-state index in [4.69, 9.17) is 9.47 Å². The fourth-order valence-corrected chi connectivity index (χ4v) is 4.60. The molecule has 1 aromatic rings. The number of para-hydroxylation sites is 1. The van der Waals surface area contributed by atoms with E-state index in [1.165, 1.54) is 19.3 Å². The SMILES string of the molecule is CC1(C)Cc2cccc(OCC(=O)N3CCN(C(=O)NC4CCCCC4)CC3)c2O1. The van der Waals surface area contributed by atoms with Crippen molar-refractivity contribution < 1.29 is 19.1 Å². The molecule has 1 saturated carbocycles. The molecule has 4 rings (SSSR count). The normalized spacial score (nSPS) is 21.0. The van der Waals surface area contributed by atoms with E-state index in [0.29, 0.717) is 38.0 Å². The first kappa shape index (κ1) is 20.8. The highest BCUT2D eigenvalue weighted by molar-refractivity contribution is 5.79. The van der Waals surface area contributed by atoms with Gasteiger partial charge in [0.25, 0.3) is 5.91 Å². The first-order valence-corrected chi connectivity index (χ1v) is 11.2. The van der Waals surface area contributed by atoms with Gasteiger partial charge in [-0.05, 0) is 32.8 Å². The predicted molar refractivity (Wildman–Crippen MR) is 114 cm³/mol. The van der Waals surface area contributed by atoms with Crippen LogP contribution in [0.3, 0.4) is 0 Å². The van der Waals surface area contributed by atoms with Crippen LogP contribution in [0.1, 0.15) is 51.5 Å². The third-order valence-electron chi connectivity index (χ3n) is 6.26. The smallest absolute Gasteiger partial charge is 0.317 e. The molecular weight excluding hydrogens is 382 g/mol. The molecule has 3 aliphatic rings. The molecular formula is C23H33N3O4. The van der Waals surface area contributed by atoms with Crippen LogP contribution in [0.25, 0.3) is 0 Å². The van der Waals surface area contributed by atoms with E-state index in [0.717, 1.165) is 30.6 Å². The summed E-state index contributed by atoms with van der Waals surface area (Å²) in [6.45, 7) is 6.27. The maximum absolute atomic E-state index is 12.6. The number of amides is 3. The number of rotatable bonds is 4. The van der Waals surface area contributed by atoms with Gasteiger partial charge in [0, 0.05) is 44.2 Å². The summed E-state index contributed by atoms with van der Waals surface area (Å²) in [5, 5.41) is 3.15. The third-order valence-corrected chi connectivity index (χ3v) is 6.26. The monoisotopic (exact) mass is 415 g/mol. The molecule has 30 heavy (non-hydrogen) atoms. The number of piperazine rings is 1. The minimum absolute atomic E-state index is 0.00450. The lowest BCUT2D eigenvalue weighted by molar-refractivity contribution is -0.134. The summed E-state index contributed by atoms with van der Waals surface area (Å²) >= 11 is 0. The molecule has 0 spiro atoms. The largest absolute Gasteiger partial charge is 0.483 e. The van der Waals surface area contributed by atoms with Gasteiger partial charge in [-0.1, -0.05) is 31.4 Å². The van der Waals surface area contributed by atoms with Crippen molar-refractivity contribution >= 4 is 11.9 Å². The molecule has 3 amide bonds. The summed E-state index contributed by atoms with van der Waals surface area (Å²) in [7, 11) is 0. The number of nitrogens with zero attached hydrogens (tertiary/aromatic N) is 2. The minimum Gasteiger partial charge on any atom is -0.483 e. The average Bonchev–Trinajstić information content (AvgIpc) is 3.07. The second kappa shape index (κ2) is 8.74. The molecule has 0 aromatic heterocycles. The van der Waals surface area contributed by atoms with Crippen molar-refractivity contribution in [3.05, 3.63) is 23.8 Å². The molecule has 1 saturated heterocycles. The van der Waals surface area contributed by atoms with E-state index in [-0.39, 0.29) is 24.1 Å². The number of hydrogen-bond donors (Lipinski definition) is 1. The highest BCUT2D eigenvalue weighted by Crippen LogP contribution is 2.41. The second-order valence-corrected chi connectivity index (χ2v) is 9.22. The number of urea groups is 1. The zero-order valence-electron chi connectivity index (χ0n) is 18.1. The Bertz CT molecular complexity index is 781. The van der Waals surface area contributed by atoms with Crippen LogP contribution in [0, 0.1) is 0 Å². The van der Waals surface area contributed by atoms with Gasteiger partial charge in [0.05, 0.1) is 0 Å². The molecule has 2 fully saturated rings. The van der Waals surface area contributed by atoms with Crippen LogP contribution in [0.5, 0.6) is 11.5 Å². The lowest BCUT2D eigenvalue weighted by atomic mass is 9.96. The number of fused-ring (bicyclic) bond motifs is 1. The Labute approximate surface area is 178 Å². The lowest BCUT2D eigenvalue weighted by Crippen LogP contribution is -2.55. The average molecular weight is 416 g/mol. The van der Waals surface area contributed by atoms with Gasteiger partial charge in [-0.25, -0.2) is 4.79 Å². The first-order valence-electron chi connectivity index (χ1n) is 11.2. The van der Waals surface area contributed by atoms with Gasteiger partial charge in [-0.3, -0.25) is 4.79 Å². The summed E-state index contributed by atoms with van der Waals surface area (Å²) in [6, 6.07) is 6.13. The molecule has 1 aromatic carbocycles. The summed E-state index contributed by atoms with van der Waals surface area (Å²) in [5.74, 6) is 1.31. The Morgan fingerprint density at radius 1 is 1.10 bits per heavy atom. The maximum atomic E-state index is 12.6. The number of nitrogens with one attached hydrogen (secondary N) is 1. The van der Waals surface area contributed by atoms with Crippen LogP contribution in [0.4, 0.5) is 4.79 Å². The summed E-state index contributed by atoms with van der Waals surface area (Å²) in [4.78, 5) is 28.7. The van der Waals surface area contributed by atoms with E-state index >= 15 is 0 Å². The molecule has 7 nitrogen and oxygen atoms in total. The number of carbonyl (C=O) groups is 2. The Morgan fingerprint density at radius 2 is 1.80 bits per heavy atom. The fourth-order valence-electron chi connectivity index (χ4n) is 4.60. The topological polar surface area (TPSA) is 71.1 Å². The van der Waals surface area contributed by atoms with Crippen LogP contribution in [0.15, 0.2) is 18.2 Å². The van der Waals surface area contributed by atoms with Crippen LogP contribution >= 0.6 is 0 Å². The number of hydrogen-bond acceptors (Lipinski definition) is 4. The van der Waals surface area contributed by atoms with Crippen molar-refractivity contribution in [1.82, 2.24) is 15.1 Å². The van der Waals surface area contributed by atoms with E-state index < -0.39 is 0 Å². The molecule has 7 heteroatoms. The Kier molecular flexibility index (Phi) is 6.06. The van der Waals surface area contributed by atoms with Crippen LogP contribution in [0.2, 0.25) is 0 Å². The summed E-state index contributed by atoms with van der Waals surface area (Å²) < 4.78 is 11.8. The van der Waals surface area contributed by atoms with Gasteiger partial charge in [-0.2, -0.15) is 0 Å². The van der Waals surface area contributed by atoms with E-state index in [1.54, 1.807) is 4.90 Å². The molecule has 0 atom stereocenters. The Balaban J connectivity index is 1.24. The van der Waals surface area contributed by atoms with E-state index in [1.807, 2.05) is 36.9 Å². The Morgan fingerprint density at radius 3 is 2.53 bits per heavy atom. The van der Waals surface area contributed by atoms with Gasteiger partial charge in [-0.15, -0.1) is 0 Å². The van der Waals surface area contributed by atoms with Crippen LogP contribution < -0.4 is 14.8 Å². The van der Waals surface area contributed by atoms with Crippen molar-refractivity contribution in [2.24, 2.45) is 0 Å². The number of benzene rings is 1. The van der Waals surface area contributed by atoms with E-state index in [9.17, 15) is 9.59 Å². The van der Waals surface area contributed by atoms with Crippen molar-refractivity contribution in [1.29, 1.82) is 0 Å². The predicted octanol–water partition coefficient (Wildman–Crippen LogP) is 2.97. The molecule has 1 N–H and O–H groups in total. The zero-order valence-corrected chi connectivity index (χ0v) is 18.1. The van der Waals surface area contributed by atoms with E-state index in [2.05, 4.69) is 5.32 Å². The van der Waals surface area contributed by atoms with Gasteiger partial charge in [0.1, 0.15) is 5.60 Å².